The lowest BCUT2D eigenvalue weighted by Crippen LogP contribution is -2.19. The van der Waals surface area contributed by atoms with Crippen molar-refractivity contribution < 1.29 is 4.79 Å². The van der Waals surface area contributed by atoms with Gasteiger partial charge in [-0.2, -0.15) is 5.26 Å². The van der Waals surface area contributed by atoms with E-state index in [1.807, 2.05) is 30.3 Å². The van der Waals surface area contributed by atoms with Crippen LogP contribution in [0.4, 0.5) is 21.3 Å². The summed E-state index contributed by atoms with van der Waals surface area (Å²) in [6.07, 6.45) is 8.80. The molecule has 0 atom stereocenters. The number of amides is 2. The predicted octanol–water partition coefficient (Wildman–Crippen LogP) is 5.80. The minimum atomic E-state index is -0.320. The van der Waals surface area contributed by atoms with Crippen molar-refractivity contribution in [2.75, 3.05) is 22.5 Å². The molecule has 3 aromatic heterocycles. The number of aromatic nitrogens is 2. The number of carbonyl (C=O) groups is 1. The van der Waals surface area contributed by atoms with E-state index in [1.165, 1.54) is 34.6 Å². The second kappa shape index (κ2) is 9.57. The summed E-state index contributed by atoms with van der Waals surface area (Å²) in [5.41, 5.74) is 4.59. The molecular weight excluding hydrogens is 452 g/mol. The molecule has 0 spiro atoms. The van der Waals surface area contributed by atoms with Gasteiger partial charge in [0.05, 0.1) is 21.5 Å². The fraction of sp³-hybridized carbons (Fsp3) is 0.250. The highest BCUT2D eigenvalue weighted by atomic mass is 32.1. The Hall–Kier alpha value is -3.48. The summed E-state index contributed by atoms with van der Waals surface area (Å²) in [6, 6.07) is 11.2. The third kappa shape index (κ3) is 4.67. The Bertz CT molecular complexity index is 1340. The first kappa shape index (κ1) is 21.4. The molecule has 166 valence electrons. The number of urea groups is 1. The maximum absolute atomic E-state index is 12.2. The normalized spacial score (nSPS) is 12.7. The van der Waals surface area contributed by atoms with Gasteiger partial charge < -0.3 is 10.6 Å². The Balaban J connectivity index is 1.23. The molecular formula is C24H22N6OS2. The molecule has 9 heteroatoms. The molecule has 0 radical (unpaired) electrons. The number of thiazole rings is 1. The van der Waals surface area contributed by atoms with Gasteiger partial charge >= 0.3 is 6.03 Å². The number of anilines is 3. The van der Waals surface area contributed by atoms with Crippen LogP contribution >= 0.6 is 22.7 Å². The number of aryl methyl sites for hydroxylation is 2. The molecule has 0 bridgehead atoms. The molecule has 5 rings (SSSR count). The van der Waals surface area contributed by atoms with Crippen molar-refractivity contribution in [2.24, 2.45) is 0 Å². The van der Waals surface area contributed by atoms with Gasteiger partial charge in [-0.1, -0.05) is 18.2 Å². The molecule has 1 aliphatic rings. The van der Waals surface area contributed by atoms with Crippen LogP contribution in [0.15, 0.2) is 42.7 Å². The van der Waals surface area contributed by atoms with Crippen LogP contribution in [0.25, 0.3) is 10.2 Å². The first-order valence-corrected chi connectivity index (χ1v) is 12.5. The molecule has 0 saturated heterocycles. The number of nitriles is 1. The molecule has 0 fully saturated rings. The number of nitrogens with one attached hydrogen (secondary N) is 3. The number of thiophene rings is 1. The van der Waals surface area contributed by atoms with E-state index >= 15 is 0 Å². The summed E-state index contributed by atoms with van der Waals surface area (Å²) in [7, 11) is 0. The fourth-order valence-electron chi connectivity index (χ4n) is 4.00. The van der Waals surface area contributed by atoms with Crippen molar-refractivity contribution in [2.45, 2.75) is 32.1 Å². The number of hydrogen-bond acceptors (Lipinski definition) is 7. The van der Waals surface area contributed by atoms with Crippen molar-refractivity contribution in [1.29, 1.82) is 5.26 Å². The highest BCUT2D eigenvalue weighted by molar-refractivity contribution is 7.20. The molecule has 3 heterocycles. The Morgan fingerprint density at radius 1 is 1.06 bits per heavy atom. The second-order valence-electron chi connectivity index (χ2n) is 7.80. The second-order valence-corrected chi connectivity index (χ2v) is 10.0. The van der Waals surface area contributed by atoms with Crippen molar-refractivity contribution in [3.63, 3.8) is 0 Å². The van der Waals surface area contributed by atoms with E-state index in [-0.39, 0.29) is 6.03 Å². The van der Waals surface area contributed by atoms with E-state index in [0.29, 0.717) is 17.2 Å². The maximum atomic E-state index is 12.2. The van der Waals surface area contributed by atoms with Crippen LogP contribution in [0.2, 0.25) is 0 Å². The Labute approximate surface area is 199 Å². The standard InChI is InChI=1S/C24H22N6OS2/c25-12-15-13-27-21-18-8-4-5-9-19(18)33-22(21)20(15)26-11-10-17-14-28-24(32-17)30-23(31)29-16-6-2-1-3-7-16/h1-3,6-7,13-14H,4-5,8-11H2,(H,26,27)(H2,28,29,30,31). The summed E-state index contributed by atoms with van der Waals surface area (Å²) in [5.74, 6) is 0. The van der Waals surface area contributed by atoms with E-state index in [1.54, 1.807) is 23.7 Å². The molecule has 3 N–H and O–H groups in total. The SMILES string of the molecule is N#Cc1cnc2c3c(sc2c1NCCc1cnc(NC(=O)Nc2ccccc2)s1)CCCC3. The molecule has 1 aliphatic carbocycles. The highest BCUT2D eigenvalue weighted by Gasteiger charge is 2.20. The van der Waals surface area contributed by atoms with Crippen LogP contribution in [0.5, 0.6) is 0 Å². The summed E-state index contributed by atoms with van der Waals surface area (Å²) in [5, 5.41) is 19.2. The lowest BCUT2D eigenvalue weighted by Gasteiger charge is -2.10. The van der Waals surface area contributed by atoms with Gasteiger partial charge in [-0.3, -0.25) is 10.3 Å². The molecule has 4 aromatic rings. The zero-order chi connectivity index (χ0) is 22.6. The van der Waals surface area contributed by atoms with Crippen LogP contribution < -0.4 is 16.0 Å². The number of benzene rings is 1. The average molecular weight is 475 g/mol. The summed E-state index contributed by atoms with van der Waals surface area (Å²) >= 11 is 3.22. The minimum absolute atomic E-state index is 0.320. The third-order valence-corrected chi connectivity index (χ3v) is 7.83. The average Bonchev–Trinajstić information content (AvgIpc) is 3.44. The molecule has 33 heavy (non-hydrogen) atoms. The van der Waals surface area contributed by atoms with Gasteiger partial charge in [0, 0.05) is 40.8 Å². The van der Waals surface area contributed by atoms with Gasteiger partial charge in [0.1, 0.15) is 6.07 Å². The van der Waals surface area contributed by atoms with Crippen LogP contribution in [0.3, 0.4) is 0 Å². The Kier molecular flexibility index (Phi) is 6.19. The molecule has 0 unspecified atom stereocenters. The fourth-order valence-corrected chi connectivity index (χ4v) is 6.18. The quantitative estimate of drug-likeness (QED) is 0.328. The van der Waals surface area contributed by atoms with E-state index < -0.39 is 0 Å². The third-order valence-electron chi connectivity index (χ3n) is 5.56. The minimum Gasteiger partial charge on any atom is -0.382 e. The van der Waals surface area contributed by atoms with E-state index in [2.05, 4.69) is 32.0 Å². The number of nitrogens with zero attached hydrogens (tertiary/aromatic N) is 3. The first-order valence-electron chi connectivity index (χ1n) is 10.9. The van der Waals surface area contributed by atoms with Gasteiger partial charge in [-0.25, -0.2) is 9.78 Å². The molecule has 0 saturated carbocycles. The number of hydrogen-bond donors (Lipinski definition) is 3. The van der Waals surface area contributed by atoms with Gasteiger partial charge in [-0.05, 0) is 43.4 Å². The highest BCUT2D eigenvalue weighted by Crippen LogP contribution is 2.40. The number of fused-ring (bicyclic) bond motifs is 3. The van der Waals surface area contributed by atoms with Crippen molar-refractivity contribution >= 4 is 55.4 Å². The van der Waals surface area contributed by atoms with E-state index in [9.17, 15) is 10.1 Å². The van der Waals surface area contributed by atoms with Gasteiger partial charge in [-0.15, -0.1) is 22.7 Å². The maximum Gasteiger partial charge on any atom is 0.325 e. The lowest BCUT2D eigenvalue weighted by atomic mass is 9.98. The number of carbonyl (C=O) groups excluding carboxylic acids is 1. The Morgan fingerprint density at radius 2 is 1.91 bits per heavy atom. The predicted molar refractivity (Wildman–Crippen MR) is 134 cm³/mol. The van der Waals surface area contributed by atoms with Gasteiger partial charge in [0.2, 0.25) is 0 Å². The van der Waals surface area contributed by atoms with Gasteiger partial charge in [0.25, 0.3) is 0 Å². The Morgan fingerprint density at radius 3 is 2.76 bits per heavy atom. The summed E-state index contributed by atoms with van der Waals surface area (Å²) in [4.78, 5) is 23.5. The first-order chi connectivity index (χ1) is 16.2. The molecule has 1 aromatic carbocycles. The van der Waals surface area contributed by atoms with Crippen molar-refractivity contribution in [3.05, 3.63) is 63.6 Å². The lowest BCUT2D eigenvalue weighted by molar-refractivity contribution is 0.262. The molecule has 7 nitrogen and oxygen atoms in total. The summed E-state index contributed by atoms with van der Waals surface area (Å²) < 4.78 is 1.09. The number of pyridine rings is 1. The van der Waals surface area contributed by atoms with Gasteiger partial charge in [0.15, 0.2) is 5.13 Å². The van der Waals surface area contributed by atoms with Crippen LogP contribution in [0, 0.1) is 11.3 Å². The van der Waals surface area contributed by atoms with Crippen LogP contribution in [0.1, 0.15) is 33.7 Å². The zero-order valence-corrected chi connectivity index (χ0v) is 19.5. The molecule has 0 aliphatic heterocycles. The molecule has 2 amide bonds. The smallest absolute Gasteiger partial charge is 0.325 e. The summed E-state index contributed by atoms with van der Waals surface area (Å²) in [6.45, 7) is 0.661. The topological polar surface area (TPSA) is 103 Å². The van der Waals surface area contributed by atoms with E-state index in [0.717, 1.165) is 45.7 Å². The van der Waals surface area contributed by atoms with Crippen molar-refractivity contribution in [1.82, 2.24) is 9.97 Å². The van der Waals surface area contributed by atoms with Crippen LogP contribution in [-0.2, 0) is 19.3 Å². The van der Waals surface area contributed by atoms with Crippen LogP contribution in [-0.4, -0.2) is 22.5 Å². The van der Waals surface area contributed by atoms with E-state index in [4.69, 9.17) is 0 Å². The zero-order valence-electron chi connectivity index (χ0n) is 17.9. The number of para-hydroxylation sites is 1. The van der Waals surface area contributed by atoms with Crippen molar-refractivity contribution in [3.8, 4) is 6.07 Å². The monoisotopic (exact) mass is 474 g/mol. The number of rotatable bonds is 6. The largest absolute Gasteiger partial charge is 0.382 e.